The number of non-ortho nitro benzene ring substituents is 2. The van der Waals surface area contributed by atoms with Gasteiger partial charge in [0, 0.05) is 16.5 Å². The maximum absolute atomic E-state index is 13.1. The topological polar surface area (TPSA) is 127 Å². The summed E-state index contributed by atoms with van der Waals surface area (Å²) in [5.41, 5.74) is -0.399. The number of nitro benzene ring substituents is 2. The molecule has 2 aromatic carbocycles. The van der Waals surface area contributed by atoms with Crippen LogP contribution in [-0.2, 0) is 5.88 Å². The van der Waals surface area contributed by atoms with Crippen molar-refractivity contribution in [3.05, 3.63) is 60.9 Å². The van der Waals surface area contributed by atoms with Crippen LogP contribution in [0.1, 0.15) is 0 Å². The Hall–Kier alpha value is -3.60. The van der Waals surface area contributed by atoms with Crippen molar-refractivity contribution < 1.29 is 19.3 Å². The molecular formula is C18H13N3O7S. The number of thioether (sulfide) groups is 1. The second kappa shape index (κ2) is 6.78. The van der Waals surface area contributed by atoms with Gasteiger partial charge in [-0.25, -0.2) is 0 Å². The molecule has 1 aliphatic rings. The maximum atomic E-state index is 13.1. The van der Waals surface area contributed by atoms with Crippen molar-refractivity contribution in [3.63, 3.8) is 0 Å². The summed E-state index contributed by atoms with van der Waals surface area (Å²) in [6.07, 6.45) is 0. The Kier molecular flexibility index (Phi) is 4.38. The van der Waals surface area contributed by atoms with E-state index >= 15 is 0 Å². The molecule has 1 aliphatic heterocycles. The van der Waals surface area contributed by atoms with Gasteiger partial charge in [-0.3, -0.25) is 29.6 Å². The smallest absolute Gasteiger partial charge is 0.284 e. The molecule has 4 rings (SSSR count). The number of rotatable bonds is 4. The van der Waals surface area contributed by atoms with Crippen LogP contribution in [0.3, 0.4) is 0 Å². The van der Waals surface area contributed by atoms with E-state index in [4.69, 9.17) is 9.47 Å². The molecule has 148 valence electrons. The minimum absolute atomic E-state index is 0.0458. The molecule has 0 spiro atoms. The molecule has 0 bridgehead atoms. The van der Waals surface area contributed by atoms with Crippen LogP contribution >= 0.6 is 11.8 Å². The van der Waals surface area contributed by atoms with Gasteiger partial charge in [-0.1, -0.05) is 0 Å². The van der Waals surface area contributed by atoms with Crippen LogP contribution in [0.25, 0.3) is 22.0 Å². The van der Waals surface area contributed by atoms with Crippen LogP contribution in [-0.4, -0.2) is 28.6 Å². The lowest BCUT2D eigenvalue weighted by Crippen LogP contribution is -2.23. The number of fused-ring (bicyclic) bond motifs is 4. The van der Waals surface area contributed by atoms with Crippen LogP contribution in [0, 0.1) is 20.2 Å². The van der Waals surface area contributed by atoms with Gasteiger partial charge in [-0.15, -0.1) is 11.8 Å². The average molecular weight is 415 g/mol. The summed E-state index contributed by atoms with van der Waals surface area (Å²) in [4.78, 5) is 35.1. The van der Waals surface area contributed by atoms with Gasteiger partial charge in [0.05, 0.1) is 52.5 Å². The predicted octanol–water partition coefficient (Wildman–Crippen LogP) is 3.57. The van der Waals surface area contributed by atoms with E-state index in [0.29, 0.717) is 22.8 Å². The number of ether oxygens (including phenoxy) is 2. The third kappa shape index (κ3) is 2.86. The molecule has 0 saturated heterocycles. The standard InChI is InChI=1S/C18H13N3O7S/c1-27-15-6-12-13-5-10-11(3-9(20(23)24)4-14(10)21(25)26)18(22)19(13)8-29-17(12)7-16(15)28-2/h3-7H,8H2,1-2H3. The number of pyridine rings is 1. The quantitative estimate of drug-likeness (QED) is 0.467. The van der Waals surface area contributed by atoms with Crippen LogP contribution in [0.5, 0.6) is 11.5 Å². The molecule has 0 unspecified atom stereocenters. The van der Waals surface area contributed by atoms with Crippen LogP contribution in [0.2, 0.25) is 0 Å². The summed E-state index contributed by atoms with van der Waals surface area (Å²) in [7, 11) is 3.00. The first-order valence-corrected chi connectivity index (χ1v) is 9.23. The fourth-order valence-corrected chi connectivity index (χ4v) is 4.38. The zero-order chi connectivity index (χ0) is 20.9. The molecular weight excluding hydrogens is 402 g/mol. The minimum Gasteiger partial charge on any atom is -0.493 e. The molecule has 0 amide bonds. The van der Waals surface area contributed by atoms with E-state index in [1.165, 1.54) is 36.6 Å². The van der Waals surface area contributed by atoms with E-state index in [1.807, 2.05) is 0 Å². The van der Waals surface area contributed by atoms with Gasteiger partial charge in [0.15, 0.2) is 11.5 Å². The molecule has 0 aliphatic carbocycles. The third-order valence-electron chi connectivity index (χ3n) is 4.71. The van der Waals surface area contributed by atoms with Gasteiger partial charge in [0.1, 0.15) is 0 Å². The Morgan fingerprint density at radius 1 is 0.966 bits per heavy atom. The number of nitro groups is 2. The van der Waals surface area contributed by atoms with Gasteiger partial charge < -0.3 is 9.47 Å². The first-order chi connectivity index (χ1) is 13.8. The van der Waals surface area contributed by atoms with E-state index in [9.17, 15) is 25.0 Å². The van der Waals surface area contributed by atoms with Crippen molar-refractivity contribution in [1.29, 1.82) is 0 Å². The first kappa shape index (κ1) is 18.7. The second-order valence-corrected chi connectivity index (χ2v) is 7.17. The van der Waals surface area contributed by atoms with Gasteiger partial charge in [0.25, 0.3) is 16.9 Å². The maximum Gasteiger partial charge on any atom is 0.284 e. The van der Waals surface area contributed by atoms with Crippen LogP contribution in [0.4, 0.5) is 11.4 Å². The van der Waals surface area contributed by atoms with Gasteiger partial charge in [-0.05, 0) is 18.2 Å². The Balaban J connectivity index is 2.09. The van der Waals surface area contributed by atoms with E-state index in [2.05, 4.69) is 0 Å². The number of nitrogens with zero attached hydrogens (tertiary/aromatic N) is 3. The van der Waals surface area contributed by atoms with Gasteiger partial charge in [0.2, 0.25) is 0 Å². The van der Waals surface area contributed by atoms with E-state index in [-0.39, 0.29) is 16.6 Å². The Bertz CT molecular complexity index is 1270. The summed E-state index contributed by atoms with van der Waals surface area (Å²) in [6.45, 7) is 0. The number of aromatic nitrogens is 1. The average Bonchev–Trinajstić information content (AvgIpc) is 2.71. The van der Waals surface area contributed by atoms with Crippen LogP contribution in [0.15, 0.2) is 40.0 Å². The SMILES string of the molecule is COc1cc2c(cc1OC)-c1cc3c([N+](=O)[O-])cc([N+](=O)[O-])cc3c(=O)n1CS2. The Labute approximate surface area is 167 Å². The molecule has 10 nitrogen and oxygen atoms in total. The predicted molar refractivity (Wildman–Crippen MR) is 106 cm³/mol. The van der Waals surface area contributed by atoms with Crippen molar-refractivity contribution in [2.45, 2.75) is 10.8 Å². The zero-order valence-corrected chi connectivity index (χ0v) is 16.0. The summed E-state index contributed by atoms with van der Waals surface area (Å²) >= 11 is 1.38. The van der Waals surface area contributed by atoms with Gasteiger partial charge in [-0.2, -0.15) is 0 Å². The van der Waals surface area contributed by atoms with Crippen molar-refractivity contribution in [3.8, 4) is 22.8 Å². The van der Waals surface area contributed by atoms with E-state index in [1.54, 1.807) is 12.1 Å². The van der Waals surface area contributed by atoms with Crippen molar-refractivity contribution >= 4 is 33.9 Å². The number of hydrogen-bond donors (Lipinski definition) is 0. The second-order valence-electron chi connectivity index (χ2n) is 6.18. The summed E-state index contributed by atoms with van der Waals surface area (Å²) in [6, 6.07) is 6.94. The molecule has 2 heterocycles. The van der Waals surface area contributed by atoms with Crippen molar-refractivity contribution in [2.75, 3.05) is 14.2 Å². The monoisotopic (exact) mass is 415 g/mol. The van der Waals surface area contributed by atoms with Crippen molar-refractivity contribution in [1.82, 2.24) is 4.57 Å². The molecule has 0 radical (unpaired) electrons. The number of hydrogen-bond acceptors (Lipinski definition) is 8. The van der Waals surface area contributed by atoms with Crippen LogP contribution < -0.4 is 15.0 Å². The lowest BCUT2D eigenvalue weighted by molar-refractivity contribution is -0.393. The molecule has 3 aromatic rings. The highest BCUT2D eigenvalue weighted by Crippen LogP contribution is 2.44. The normalized spacial score (nSPS) is 12.2. The van der Waals surface area contributed by atoms with E-state index < -0.39 is 26.8 Å². The highest BCUT2D eigenvalue weighted by atomic mass is 32.2. The molecule has 11 heteroatoms. The fourth-order valence-electron chi connectivity index (χ4n) is 3.34. The lowest BCUT2D eigenvalue weighted by Gasteiger charge is -2.23. The highest BCUT2D eigenvalue weighted by molar-refractivity contribution is 7.98. The fraction of sp³-hybridized carbons (Fsp3) is 0.167. The number of benzene rings is 2. The summed E-state index contributed by atoms with van der Waals surface area (Å²) in [5.74, 6) is 1.23. The Morgan fingerprint density at radius 3 is 2.28 bits per heavy atom. The van der Waals surface area contributed by atoms with Gasteiger partial charge >= 0.3 is 0 Å². The van der Waals surface area contributed by atoms with Crippen molar-refractivity contribution in [2.24, 2.45) is 0 Å². The van der Waals surface area contributed by atoms with E-state index in [0.717, 1.165) is 17.0 Å². The molecule has 0 saturated carbocycles. The minimum atomic E-state index is -0.753. The molecule has 0 fully saturated rings. The third-order valence-corrected chi connectivity index (χ3v) is 5.74. The zero-order valence-electron chi connectivity index (χ0n) is 15.2. The summed E-state index contributed by atoms with van der Waals surface area (Å²) in [5, 5.41) is 22.7. The largest absolute Gasteiger partial charge is 0.493 e. The number of methoxy groups -OCH3 is 2. The molecule has 0 atom stereocenters. The molecule has 0 N–H and O–H groups in total. The lowest BCUT2D eigenvalue weighted by atomic mass is 10.0. The molecule has 1 aromatic heterocycles. The first-order valence-electron chi connectivity index (χ1n) is 8.25. The highest BCUT2D eigenvalue weighted by Gasteiger charge is 2.27. The summed E-state index contributed by atoms with van der Waals surface area (Å²) < 4.78 is 12.1. The molecule has 29 heavy (non-hydrogen) atoms. The Morgan fingerprint density at radius 2 is 1.66 bits per heavy atom.